The Morgan fingerprint density at radius 2 is 1.57 bits per heavy atom. The van der Waals surface area contributed by atoms with Crippen LogP contribution in [0.2, 0.25) is 0 Å². The molecule has 5 atom stereocenters. The van der Waals surface area contributed by atoms with Gasteiger partial charge in [0.15, 0.2) is 28.8 Å². The Morgan fingerprint density at radius 3 is 2.19 bits per heavy atom. The molecule has 2 heterocycles. The zero-order valence-electron chi connectivity index (χ0n) is 19.9. The lowest BCUT2D eigenvalue weighted by Gasteiger charge is -2.39. The molecule has 13 nitrogen and oxygen atoms in total. The van der Waals surface area contributed by atoms with Gasteiger partial charge in [-0.05, 0) is 18.2 Å². The maximum absolute atomic E-state index is 13.1. The molecular weight excluding hydrogens is 496 g/mol. The van der Waals surface area contributed by atoms with Gasteiger partial charge in [-0.2, -0.15) is 0 Å². The van der Waals surface area contributed by atoms with Crippen LogP contribution in [0.3, 0.4) is 0 Å². The van der Waals surface area contributed by atoms with Crippen LogP contribution in [0.5, 0.6) is 34.5 Å². The van der Waals surface area contributed by atoms with Crippen molar-refractivity contribution in [3.8, 4) is 45.8 Å². The highest BCUT2D eigenvalue weighted by atomic mass is 16.7. The average molecular weight is 522 g/mol. The Balaban J connectivity index is 1.83. The molecule has 1 fully saturated rings. The van der Waals surface area contributed by atoms with Crippen molar-refractivity contribution in [2.24, 2.45) is 0 Å². The van der Waals surface area contributed by atoms with Gasteiger partial charge < -0.3 is 58.7 Å². The monoisotopic (exact) mass is 522 g/mol. The van der Waals surface area contributed by atoms with Gasteiger partial charge >= 0.3 is 0 Å². The van der Waals surface area contributed by atoms with Crippen molar-refractivity contribution in [2.45, 2.75) is 30.7 Å². The Labute approximate surface area is 209 Å². The summed E-state index contributed by atoms with van der Waals surface area (Å²) in [6.07, 6.45) is -7.62. The molecule has 37 heavy (non-hydrogen) atoms. The molecule has 3 aromatic rings. The molecule has 1 aliphatic heterocycles. The van der Waals surface area contributed by atoms with Gasteiger partial charge in [-0.1, -0.05) is 0 Å². The highest BCUT2D eigenvalue weighted by Gasteiger charge is 2.45. The van der Waals surface area contributed by atoms with Crippen LogP contribution in [0, 0.1) is 0 Å². The molecule has 6 N–H and O–H groups in total. The summed E-state index contributed by atoms with van der Waals surface area (Å²) in [4.78, 5) is 13.1. The smallest absolute Gasteiger partial charge is 0.239 e. The number of aliphatic hydroxyl groups is 4. The third kappa shape index (κ3) is 4.47. The molecule has 1 aliphatic rings. The molecule has 0 unspecified atom stereocenters. The van der Waals surface area contributed by atoms with Crippen LogP contribution < -0.4 is 24.4 Å². The fraction of sp³-hybridized carbons (Fsp3) is 0.375. The third-order valence-electron chi connectivity index (χ3n) is 6.00. The summed E-state index contributed by atoms with van der Waals surface area (Å²) in [5.41, 5.74) is -0.649. The molecule has 0 radical (unpaired) electrons. The fourth-order valence-corrected chi connectivity index (χ4v) is 4.02. The minimum Gasteiger partial charge on any atom is -0.504 e. The predicted octanol–water partition coefficient (Wildman–Crippen LogP) is 0.0757. The molecule has 13 heteroatoms. The zero-order valence-corrected chi connectivity index (χ0v) is 19.9. The largest absolute Gasteiger partial charge is 0.504 e. The topological polar surface area (TPSA) is 198 Å². The number of hydrogen-bond donors (Lipinski definition) is 6. The quantitative estimate of drug-likeness (QED) is 0.228. The van der Waals surface area contributed by atoms with Crippen LogP contribution in [-0.2, 0) is 4.74 Å². The lowest BCUT2D eigenvalue weighted by atomic mass is 9.99. The van der Waals surface area contributed by atoms with E-state index in [2.05, 4.69) is 0 Å². The summed E-state index contributed by atoms with van der Waals surface area (Å²) in [5.74, 6) is -1.73. The van der Waals surface area contributed by atoms with Gasteiger partial charge in [0.25, 0.3) is 0 Å². The normalized spacial score (nSPS) is 23.6. The van der Waals surface area contributed by atoms with E-state index in [4.69, 9.17) is 28.1 Å². The molecular formula is C24H26O13. The van der Waals surface area contributed by atoms with Crippen molar-refractivity contribution in [3.63, 3.8) is 0 Å². The van der Waals surface area contributed by atoms with Crippen molar-refractivity contribution >= 4 is 11.0 Å². The van der Waals surface area contributed by atoms with E-state index in [1.807, 2.05) is 0 Å². The highest BCUT2D eigenvalue weighted by Crippen LogP contribution is 2.44. The van der Waals surface area contributed by atoms with Crippen molar-refractivity contribution in [1.29, 1.82) is 0 Å². The Hall–Kier alpha value is -3.75. The van der Waals surface area contributed by atoms with E-state index in [-0.39, 0.29) is 45.3 Å². The molecule has 0 saturated carbocycles. The number of phenols is 2. The number of hydrogen-bond acceptors (Lipinski definition) is 13. The maximum Gasteiger partial charge on any atom is 0.239 e. The molecule has 200 valence electrons. The number of fused-ring (bicyclic) bond motifs is 1. The van der Waals surface area contributed by atoms with Crippen LogP contribution in [-0.4, -0.2) is 89.3 Å². The lowest BCUT2D eigenvalue weighted by molar-refractivity contribution is -0.277. The minimum atomic E-state index is -1.68. The van der Waals surface area contributed by atoms with Crippen molar-refractivity contribution in [3.05, 3.63) is 34.5 Å². The van der Waals surface area contributed by atoms with Gasteiger partial charge in [-0.25, -0.2) is 0 Å². The highest BCUT2D eigenvalue weighted by molar-refractivity contribution is 5.91. The standard InChI is InChI=1S/C24H26O13/c1-32-10-5-4-9(6-11(10)36-24-21(31)20(30)17(27)14(8-25)37-24)22-23(34-3)19(29)15-12(35-22)7-13(33-2)16(26)18(15)28/h4-7,14,17,20-21,24-28,30-31H,8H2,1-3H3/t14-,17-,20-,21-,24-/m0/s1. The third-order valence-corrected chi connectivity index (χ3v) is 6.00. The number of aliphatic hydroxyl groups excluding tert-OH is 4. The van der Waals surface area contributed by atoms with E-state index in [0.717, 1.165) is 0 Å². The van der Waals surface area contributed by atoms with E-state index < -0.39 is 54.2 Å². The lowest BCUT2D eigenvalue weighted by Crippen LogP contribution is -2.60. The first-order chi connectivity index (χ1) is 17.7. The Kier molecular flexibility index (Phi) is 7.34. The summed E-state index contributed by atoms with van der Waals surface area (Å²) < 4.78 is 32.6. The number of aromatic hydroxyl groups is 2. The maximum atomic E-state index is 13.1. The van der Waals surface area contributed by atoms with Crippen molar-refractivity contribution in [2.75, 3.05) is 27.9 Å². The van der Waals surface area contributed by atoms with E-state index in [1.54, 1.807) is 0 Å². The predicted molar refractivity (Wildman–Crippen MR) is 125 cm³/mol. The van der Waals surface area contributed by atoms with Gasteiger partial charge in [0.2, 0.25) is 23.2 Å². The Bertz CT molecular complexity index is 1350. The van der Waals surface area contributed by atoms with Crippen LogP contribution in [0.25, 0.3) is 22.3 Å². The second-order valence-electron chi connectivity index (χ2n) is 8.12. The van der Waals surface area contributed by atoms with E-state index in [0.29, 0.717) is 0 Å². The van der Waals surface area contributed by atoms with E-state index >= 15 is 0 Å². The number of methoxy groups -OCH3 is 3. The number of ether oxygens (including phenoxy) is 5. The zero-order chi connectivity index (χ0) is 27.0. The van der Waals surface area contributed by atoms with Crippen LogP contribution in [0.1, 0.15) is 0 Å². The summed E-state index contributed by atoms with van der Waals surface area (Å²) in [5, 5.41) is 60.0. The number of benzene rings is 2. The molecule has 0 bridgehead atoms. The van der Waals surface area contributed by atoms with Crippen molar-refractivity contribution in [1.82, 2.24) is 0 Å². The molecule has 0 spiro atoms. The molecule has 0 aliphatic carbocycles. The van der Waals surface area contributed by atoms with Crippen LogP contribution in [0.15, 0.2) is 33.5 Å². The average Bonchev–Trinajstić information content (AvgIpc) is 2.90. The first kappa shape index (κ1) is 26.3. The van der Waals surface area contributed by atoms with Gasteiger partial charge in [0.05, 0.1) is 27.9 Å². The first-order valence-corrected chi connectivity index (χ1v) is 11.0. The van der Waals surface area contributed by atoms with Gasteiger partial charge in [0.1, 0.15) is 35.4 Å². The summed E-state index contributed by atoms with van der Waals surface area (Å²) >= 11 is 0. The SMILES string of the molecule is COc1ccc(-c2oc3cc(OC)c(O)c(O)c3c(=O)c2OC)cc1O[C@H]1O[C@@H](CO)[C@H](O)[C@H](O)[C@@H]1O. The summed E-state index contributed by atoms with van der Waals surface area (Å²) in [6.45, 7) is -0.646. The van der Waals surface area contributed by atoms with Crippen LogP contribution in [0.4, 0.5) is 0 Å². The molecule has 0 amide bonds. The molecule has 2 aromatic carbocycles. The van der Waals surface area contributed by atoms with Crippen LogP contribution >= 0.6 is 0 Å². The second-order valence-corrected chi connectivity index (χ2v) is 8.12. The first-order valence-electron chi connectivity index (χ1n) is 11.0. The Morgan fingerprint density at radius 1 is 0.865 bits per heavy atom. The van der Waals surface area contributed by atoms with E-state index in [1.165, 1.54) is 45.6 Å². The fourth-order valence-electron chi connectivity index (χ4n) is 4.02. The van der Waals surface area contributed by atoms with Gasteiger partial charge in [-0.15, -0.1) is 0 Å². The molecule has 1 aromatic heterocycles. The van der Waals surface area contributed by atoms with Gasteiger partial charge in [0, 0.05) is 11.6 Å². The number of rotatable bonds is 7. The molecule has 4 rings (SSSR count). The molecule has 1 saturated heterocycles. The van der Waals surface area contributed by atoms with Gasteiger partial charge in [-0.3, -0.25) is 4.79 Å². The minimum absolute atomic E-state index is 0.0136. The second kappa shape index (κ2) is 10.3. The number of phenolic OH excluding ortho intramolecular Hbond substituents is 2. The summed E-state index contributed by atoms with van der Waals surface area (Å²) in [7, 11) is 3.83. The van der Waals surface area contributed by atoms with Crippen molar-refractivity contribution < 1.29 is 58.7 Å². The summed E-state index contributed by atoms with van der Waals surface area (Å²) in [6, 6.07) is 5.59. The van der Waals surface area contributed by atoms with E-state index in [9.17, 15) is 35.4 Å².